The molecular weight excluding hydrogens is 251 g/mol. The zero-order valence-electron chi connectivity index (χ0n) is 6.21. The summed E-state index contributed by atoms with van der Waals surface area (Å²) in [6.45, 7) is 2.18. The number of anilines is 1. The number of rotatable bonds is 0. The Morgan fingerprint density at radius 1 is 1.64 bits per heavy atom. The van der Waals surface area contributed by atoms with E-state index in [1.54, 1.807) is 0 Å². The van der Waals surface area contributed by atoms with Crippen molar-refractivity contribution in [2.24, 2.45) is 0 Å². The Morgan fingerprint density at radius 2 is 2.45 bits per heavy atom. The molecule has 1 aromatic rings. The number of halogens is 1. The van der Waals surface area contributed by atoms with Crippen LogP contribution in [0.25, 0.3) is 0 Å². The smallest absolute Gasteiger partial charge is 0.130 e. The van der Waals surface area contributed by atoms with Gasteiger partial charge in [0.15, 0.2) is 0 Å². The van der Waals surface area contributed by atoms with E-state index in [-0.39, 0.29) is 0 Å². The molecule has 0 radical (unpaired) electrons. The second kappa shape index (κ2) is 2.62. The van der Waals surface area contributed by atoms with Crippen LogP contribution in [0.2, 0.25) is 0 Å². The zero-order valence-corrected chi connectivity index (χ0v) is 8.37. The molecule has 0 amide bonds. The van der Waals surface area contributed by atoms with Gasteiger partial charge in [-0.1, -0.05) is 28.7 Å². The molecular formula is C8H9IN2. The normalized spacial score (nSPS) is 27.8. The van der Waals surface area contributed by atoms with Gasteiger partial charge in [-0.25, -0.2) is 4.98 Å². The van der Waals surface area contributed by atoms with Gasteiger partial charge >= 0.3 is 0 Å². The number of nitrogens with one attached hydrogen (secondary N) is 1. The summed E-state index contributed by atoms with van der Waals surface area (Å²) in [5.41, 5.74) is 1.33. The van der Waals surface area contributed by atoms with Gasteiger partial charge in [0.1, 0.15) is 5.82 Å². The molecule has 1 aromatic heterocycles. The lowest BCUT2D eigenvalue weighted by molar-refractivity contribution is 0.843. The second-order valence-electron chi connectivity index (χ2n) is 2.78. The number of pyridine rings is 1. The van der Waals surface area contributed by atoms with E-state index >= 15 is 0 Å². The predicted octanol–water partition coefficient (Wildman–Crippen LogP) is 2.37. The third-order valence-electron chi connectivity index (χ3n) is 1.94. The number of aromatic nitrogens is 1. The lowest BCUT2D eigenvalue weighted by Gasteiger charge is -2.06. The van der Waals surface area contributed by atoms with Gasteiger partial charge in [0.2, 0.25) is 0 Å². The van der Waals surface area contributed by atoms with Crippen LogP contribution in [0, 0.1) is 0 Å². The third kappa shape index (κ3) is 1.11. The van der Waals surface area contributed by atoms with Gasteiger partial charge in [-0.05, 0) is 13.0 Å². The molecule has 58 valence electrons. The summed E-state index contributed by atoms with van der Waals surface area (Å²) in [6.07, 6.45) is 1.83. The van der Waals surface area contributed by atoms with E-state index < -0.39 is 0 Å². The summed E-state index contributed by atoms with van der Waals surface area (Å²) in [6, 6.07) is 4.64. The van der Waals surface area contributed by atoms with Crippen molar-refractivity contribution in [3.63, 3.8) is 0 Å². The van der Waals surface area contributed by atoms with Crippen LogP contribution < -0.4 is 5.32 Å². The van der Waals surface area contributed by atoms with E-state index in [0.29, 0.717) is 9.97 Å². The molecule has 0 saturated heterocycles. The molecule has 1 N–H and O–H groups in total. The number of alkyl halides is 1. The number of nitrogens with zero attached hydrogens (tertiary/aromatic N) is 1. The first-order valence-corrected chi connectivity index (χ1v) is 4.89. The molecule has 11 heavy (non-hydrogen) atoms. The van der Waals surface area contributed by atoms with Crippen molar-refractivity contribution in [2.45, 2.75) is 16.9 Å². The largest absolute Gasteiger partial charge is 0.366 e. The Balaban J connectivity index is 2.47. The van der Waals surface area contributed by atoms with E-state index in [9.17, 15) is 0 Å². The summed E-state index contributed by atoms with van der Waals surface area (Å²) >= 11 is 2.45. The Labute approximate surface area is 79.6 Å². The highest BCUT2D eigenvalue weighted by molar-refractivity contribution is 14.1. The third-order valence-corrected chi connectivity index (χ3v) is 3.69. The molecule has 0 fully saturated rings. The number of hydrogen-bond acceptors (Lipinski definition) is 2. The van der Waals surface area contributed by atoms with Gasteiger partial charge in [0.05, 0.1) is 3.92 Å². The van der Waals surface area contributed by atoms with Crippen molar-refractivity contribution in [1.82, 2.24) is 4.98 Å². The van der Waals surface area contributed by atoms with Crippen LogP contribution in [0.1, 0.15) is 16.4 Å². The quantitative estimate of drug-likeness (QED) is 0.572. The summed E-state index contributed by atoms with van der Waals surface area (Å²) in [5.74, 6) is 1.06. The standard InChI is InChI=1S/C8H9IN2/c1-5-7(9)6-3-2-4-10-8(6)11-5/h2-5,7H,1H3,(H,10,11)/t5-,7?/m1/s1. The van der Waals surface area contributed by atoms with Crippen molar-refractivity contribution in [2.75, 3.05) is 5.32 Å². The molecule has 0 bridgehead atoms. The number of hydrogen-bond donors (Lipinski definition) is 1. The zero-order chi connectivity index (χ0) is 7.84. The maximum Gasteiger partial charge on any atom is 0.130 e. The minimum Gasteiger partial charge on any atom is -0.366 e. The van der Waals surface area contributed by atoms with Crippen molar-refractivity contribution < 1.29 is 0 Å². The fourth-order valence-electron chi connectivity index (χ4n) is 1.32. The molecule has 0 spiro atoms. The average Bonchev–Trinajstić information content (AvgIpc) is 2.30. The van der Waals surface area contributed by atoms with Crippen LogP contribution in [-0.4, -0.2) is 11.0 Å². The molecule has 2 nitrogen and oxygen atoms in total. The average molecular weight is 260 g/mol. The highest BCUT2D eigenvalue weighted by Crippen LogP contribution is 2.38. The molecule has 2 atom stereocenters. The monoisotopic (exact) mass is 260 g/mol. The molecule has 1 aliphatic rings. The minimum atomic E-state index is 0.514. The van der Waals surface area contributed by atoms with E-state index in [2.05, 4.69) is 45.9 Å². The van der Waals surface area contributed by atoms with Crippen molar-refractivity contribution >= 4 is 28.4 Å². The lowest BCUT2D eigenvalue weighted by atomic mass is 10.2. The van der Waals surface area contributed by atoms with Crippen molar-refractivity contribution in [3.8, 4) is 0 Å². The summed E-state index contributed by atoms with van der Waals surface area (Å²) in [7, 11) is 0. The molecule has 0 saturated carbocycles. The molecule has 1 unspecified atom stereocenters. The maximum atomic E-state index is 4.24. The van der Waals surface area contributed by atoms with Crippen LogP contribution in [0.15, 0.2) is 18.3 Å². The molecule has 1 aliphatic heterocycles. The maximum absolute atomic E-state index is 4.24. The van der Waals surface area contributed by atoms with Crippen molar-refractivity contribution in [3.05, 3.63) is 23.9 Å². The fraction of sp³-hybridized carbons (Fsp3) is 0.375. The Kier molecular flexibility index (Phi) is 1.75. The summed E-state index contributed by atoms with van der Waals surface area (Å²) < 4.78 is 0.566. The van der Waals surface area contributed by atoms with Crippen LogP contribution in [0.5, 0.6) is 0 Å². The first kappa shape index (κ1) is 7.34. The van der Waals surface area contributed by atoms with E-state index in [0.717, 1.165) is 5.82 Å². The van der Waals surface area contributed by atoms with Crippen LogP contribution in [0.4, 0.5) is 5.82 Å². The highest BCUT2D eigenvalue weighted by atomic mass is 127. The molecule has 0 aromatic carbocycles. The van der Waals surface area contributed by atoms with E-state index in [1.165, 1.54) is 5.56 Å². The van der Waals surface area contributed by atoms with Gasteiger partial charge in [-0.2, -0.15) is 0 Å². The van der Waals surface area contributed by atoms with Gasteiger partial charge in [0, 0.05) is 17.8 Å². The number of fused-ring (bicyclic) bond motifs is 1. The Morgan fingerprint density at radius 3 is 3.18 bits per heavy atom. The first-order valence-electron chi connectivity index (χ1n) is 3.64. The molecule has 0 aliphatic carbocycles. The van der Waals surface area contributed by atoms with E-state index in [1.807, 2.05) is 12.3 Å². The first-order chi connectivity index (χ1) is 5.29. The predicted molar refractivity (Wildman–Crippen MR) is 54.1 cm³/mol. The minimum absolute atomic E-state index is 0.514. The molecule has 2 rings (SSSR count). The van der Waals surface area contributed by atoms with Gasteiger partial charge < -0.3 is 5.32 Å². The fourth-order valence-corrected chi connectivity index (χ4v) is 2.00. The Bertz CT molecular complexity index is 275. The lowest BCUT2D eigenvalue weighted by Crippen LogP contribution is -2.11. The molecule has 2 heterocycles. The summed E-state index contributed by atoms with van der Waals surface area (Å²) in [5, 5.41) is 3.33. The van der Waals surface area contributed by atoms with E-state index in [4.69, 9.17) is 0 Å². The van der Waals surface area contributed by atoms with Crippen LogP contribution in [-0.2, 0) is 0 Å². The summed E-state index contributed by atoms with van der Waals surface area (Å²) in [4.78, 5) is 4.24. The van der Waals surface area contributed by atoms with Crippen LogP contribution in [0.3, 0.4) is 0 Å². The Hall–Kier alpha value is -0.320. The second-order valence-corrected chi connectivity index (χ2v) is 4.12. The topological polar surface area (TPSA) is 24.9 Å². The van der Waals surface area contributed by atoms with Crippen molar-refractivity contribution in [1.29, 1.82) is 0 Å². The van der Waals surface area contributed by atoms with Gasteiger partial charge in [-0.3, -0.25) is 0 Å². The highest BCUT2D eigenvalue weighted by Gasteiger charge is 2.26. The SMILES string of the molecule is C[C@H]1Nc2ncccc2C1I. The van der Waals surface area contributed by atoms with Gasteiger partial charge in [-0.15, -0.1) is 0 Å². The van der Waals surface area contributed by atoms with Crippen LogP contribution >= 0.6 is 22.6 Å². The van der Waals surface area contributed by atoms with Gasteiger partial charge in [0.25, 0.3) is 0 Å². The molecule has 3 heteroatoms.